The van der Waals surface area contributed by atoms with Gasteiger partial charge in [-0.15, -0.1) is 0 Å². The van der Waals surface area contributed by atoms with Gasteiger partial charge < -0.3 is 37.9 Å². The Balaban J connectivity index is 2.58. The van der Waals surface area contributed by atoms with Crippen molar-refractivity contribution in [2.24, 2.45) is 0 Å². The monoisotopic (exact) mass is 408 g/mol. The zero-order valence-electron chi connectivity index (χ0n) is 12.2. The van der Waals surface area contributed by atoms with Crippen LogP contribution in [-0.4, -0.2) is 46.4 Å². The molecule has 0 spiro atoms. The third-order valence-electron chi connectivity index (χ3n) is 2.79. The van der Waals surface area contributed by atoms with Gasteiger partial charge in [0.1, 0.15) is 34.5 Å². The van der Waals surface area contributed by atoms with E-state index in [0.717, 1.165) is 0 Å². The highest BCUT2D eigenvalue weighted by molar-refractivity contribution is 7.81. The van der Waals surface area contributed by atoms with Crippen LogP contribution in [0.15, 0.2) is 24.3 Å². The van der Waals surface area contributed by atoms with E-state index in [0.29, 0.717) is 24.3 Å². The third-order valence-corrected chi connectivity index (χ3v) is 3.58. The number of phenolic OH excluding ortho intramolecular Hbond substituents is 4. The number of hydrogen-bond donors (Lipinski definition) is 4. The van der Waals surface area contributed by atoms with Crippen LogP contribution < -0.4 is 8.37 Å². The van der Waals surface area contributed by atoms with E-state index in [4.69, 9.17) is 0 Å². The number of aromatic hydroxyl groups is 4. The summed E-state index contributed by atoms with van der Waals surface area (Å²) in [5, 5.41) is 39.6. The first-order valence-corrected chi connectivity index (χ1v) is 8.86. The maximum Gasteiger partial charge on any atom is 0.262 e. The minimum Gasteiger partial charge on any atom is -0.716 e. The van der Waals surface area contributed by atoms with Crippen molar-refractivity contribution in [3.8, 4) is 45.6 Å². The molecule has 0 atom stereocenters. The van der Waals surface area contributed by atoms with E-state index in [1.165, 1.54) is 0 Å². The van der Waals surface area contributed by atoms with Crippen LogP contribution in [0.1, 0.15) is 0 Å². The van der Waals surface area contributed by atoms with Gasteiger partial charge in [-0.2, -0.15) is 0 Å². The summed E-state index contributed by atoms with van der Waals surface area (Å²) in [5.74, 6) is -5.18. The second-order valence-electron chi connectivity index (χ2n) is 4.66. The molecule has 2 aromatic carbocycles. The van der Waals surface area contributed by atoms with Gasteiger partial charge in [-0.05, 0) is 0 Å². The summed E-state index contributed by atoms with van der Waals surface area (Å²) in [6.45, 7) is 0. The van der Waals surface area contributed by atoms with Crippen molar-refractivity contribution < 1.29 is 54.7 Å². The Morgan fingerprint density at radius 2 is 0.846 bits per heavy atom. The predicted octanol–water partition coefficient (Wildman–Crippen LogP) is -0.146. The molecule has 0 aliphatic carbocycles. The second kappa shape index (κ2) is 6.41. The molecule has 0 unspecified atom stereocenters. The summed E-state index contributed by atoms with van der Waals surface area (Å²) in [7, 11) is -10.4. The summed E-state index contributed by atoms with van der Waals surface area (Å²) in [4.78, 5) is 0. The fraction of sp³-hybridized carbons (Fsp3) is 0. The van der Waals surface area contributed by atoms with Crippen molar-refractivity contribution in [3.05, 3.63) is 24.3 Å². The van der Waals surface area contributed by atoms with Crippen LogP contribution in [0.25, 0.3) is 11.1 Å². The molecule has 0 saturated heterocycles. The van der Waals surface area contributed by atoms with Crippen LogP contribution in [0, 0.1) is 0 Å². The molecule has 4 N–H and O–H groups in total. The summed E-state index contributed by atoms with van der Waals surface area (Å²) in [6.07, 6.45) is 0. The third kappa shape index (κ3) is 4.57. The molecule has 0 amide bonds. The number of hydrogen-bond acceptors (Lipinski definition) is 12. The molecular weight excluding hydrogens is 400 g/mol. The summed E-state index contributed by atoms with van der Waals surface area (Å²) < 4.78 is 71.0. The van der Waals surface area contributed by atoms with E-state index < -0.39 is 66.4 Å². The first kappa shape index (κ1) is 19.4. The Morgan fingerprint density at radius 3 is 1.04 bits per heavy atom. The molecule has 0 aliphatic heterocycles. The van der Waals surface area contributed by atoms with Crippen molar-refractivity contribution >= 4 is 20.8 Å². The Kier molecular flexibility index (Phi) is 4.78. The largest absolute Gasteiger partial charge is 0.716 e. The van der Waals surface area contributed by atoms with Gasteiger partial charge in [-0.1, -0.05) is 0 Å². The van der Waals surface area contributed by atoms with Crippen LogP contribution >= 0.6 is 0 Å². The smallest absolute Gasteiger partial charge is 0.262 e. The molecule has 14 heteroatoms. The molecule has 12 nitrogen and oxygen atoms in total. The van der Waals surface area contributed by atoms with Gasteiger partial charge in [0.25, 0.3) is 20.8 Å². The summed E-state index contributed by atoms with van der Waals surface area (Å²) in [6, 6.07) is 2.37. The van der Waals surface area contributed by atoms with Crippen LogP contribution in [-0.2, 0) is 20.8 Å². The van der Waals surface area contributed by atoms with Gasteiger partial charge in [0.05, 0.1) is 11.1 Å². The first-order chi connectivity index (χ1) is 11.8. The predicted molar refractivity (Wildman–Crippen MR) is 79.2 cm³/mol. The lowest BCUT2D eigenvalue weighted by Gasteiger charge is -2.16. The van der Waals surface area contributed by atoms with Gasteiger partial charge in [-0.3, -0.25) is 0 Å². The zero-order chi connectivity index (χ0) is 19.9. The SMILES string of the molecule is O=S(=O)([O-])Oc1cc(O)c(-c2c(O)cc(OS(=O)(=O)[O-])cc2O)c(O)c1. The van der Waals surface area contributed by atoms with E-state index in [2.05, 4.69) is 8.37 Å². The quantitative estimate of drug-likeness (QED) is 0.375. The Hall–Kier alpha value is -2.94. The first-order valence-electron chi connectivity index (χ1n) is 6.20. The molecule has 0 bridgehead atoms. The highest BCUT2D eigenvalue weighted by atomic mass is 32.3. The highest BCUT2D eigenvalue weighted by Crippen LogP contribution is 2.49. The molecule has 0 aromatic heterocycles. The summed E-state index contributed by atoms with van der Waals surface area (Å²) in [5.41, 5.74) is -1.24. The molecule has 26 heavy (non-hydrogen) atoms. The highest BCUT2D eigenvalue weighted by Gasteiger charge is 2.22. The number of phenols is 4. The summed E-state index contributed by atoms with van der Waals surface area (Å²) >= 11 is 0. The molecule has 0 aliphatic rings. The van der Waals surface area contributed by atoms with E-state index in [9.17, 15) is 46.4 Å². The normalized spacial score (nSPS) is 11.9. The molecule has 0 radical (unpaired) electrons. The van der Waals surface area contributed by atoms with Gasteiger partial charge in [0.15, 0.2) is 0 Å². The molecule has 2 rings (SSSR count). The molecule has 0 fully saturated rings. The maximum atomic E-state index is 10.5. The van der Waals surface area contributed by atoms with Gasteiger partial charge >= 0.3 is 0 Å². The Bertz CT molecular complexity index is 938. The van der Waals surface area contributed by atoms with Crippen LogP contribution in [0.2, 0.25) is 0 Å². The van der Waals surface area contributed by atoms with Crippen molar-refractivity contribution in [2.45, 2.75) is 0 Å². The lowest BCUT2D eigenvalue weighted by Crippen LogP contribution is -2.07. The zero-order valence-corrected chi connectivity index (χ0v) is 13.8. The lowest BCUT2D eigenvalue weighted by molar-refractivity contribution is 0.366. The standard InChI is InChI=1S/C12H10O12S2/c13-7-1-5(23-25(17,18)19)2-8(14)11(7)12-9(15)3-6(4-10(12)16)24-26(20,21)22/h1-4,13-16H,(H,17,18,19)(H,20,21,22)/p-2. The van der Waals surface area contributed by atoms with E-state index in [1.54, 1.807) is 0 Å². The minimum absolute atomic E-state index is 0.593. The Morgan fingerprint density at radius 1 is 0.615 bits per heavy atom. The van der Waals surface area contributed by atoms with Gasteiger partial charge in [-0.25, -0.2) is 16.8 Å². The van der Waals surface area contributed by atoms with Gasteiger partial charge in [0.2, 0.25) is 0 Å². The minimum atomic E-state index is -5.20. The Labute approximate surface area is 146 Å². The number of benzene rings is 2. The topological polar surface area (TPSA) is 214 Å². The van der Waals surface area contributed by atoms with Crippen molar-refractivity contribution in [1.29, 1.82) is 0 Å². The van der Waals surface area contributed by atoms with E-state index in [-0.39, 0.29) is 0 Å². The molecule has 0 saturated carbocycles. The van der Waals surface area contributed by atoms with Gasteiger partial charge in [0, 0.05) is 24.3 Å². The van der Waals surface area contributed by atoms with Crippen LogP contribution in [0.5, 0.6) is 34.5 Å². The molecule has 0 heterocycles. The average Bonchev–Trinajstić information content (AvgIpc) is 2.36. The van der Waals surface area contributed by atoms with Crippen molar-refractivity contribution in [3.63, 3.8) is 0 Å². The second-order valence-corrected chi connectivity index (χ2v) is 6.62. The fourth-order valence-electron chi connectivity index (χ4n) is 2.02. The van der Waals surface area contributed by atoms with E-state index >= 15 is 0 Å². The van der Waals surface area contributed by atoms with Crippen molar-refractivity contribution in [2.75, 3.05) is 0 Å². The van der Waals surface area contributed by atoms with Crippen LogP contribution in [0.4, 0.5) is 0 Å². The lowest BCUT2D eigenvalue weighted by atomic mass is 10.0. The number of rotatable bonds is 5. The molecule has 2 aromatic rings. The average molecular weight is 408 g/mol. The van der Waals surface area contributed by atoms with Crippen molar-refractivity contribution in [1.82, 2.24) is 0 Å². The molecule has 142 valence electrons. The maximum absolute atomic E-state index is 10.5. The van der Waals surface area contributed by atoms with E-state index in [1.807, 2.05) is 0 Å². The molecular formula is C12H8O12S2-2. The van der Waals surface area contributed by atoms with Crippen LogP contribution in [0.3, 0.4) is 0 Å². The fourth-order valence-corrected chi connectivity index (χ4v) is 2.68.